The third kappa shape index (κ3) is 4.55. The second-order valence-corrected chi connectivity index (χ2v) is 5.51. The molecule has 0 aromatic heterocycles. The first-order chi connectivity index (χ1) is 11.3. The van der Waals surface area contributed by atoms with Crippen LogP contribution in [-0.4, -0.2) is 0 Å². The van der Waals surface area contributed by atoms with Crippen LogP contribution in [0.2, 0.25) is 0 Å². The molecule has 0 radical (unpaired) electrons. The molecule has 3 aromatic rings. The second-order valence-electron chi connectivity index (χ2n) is 4.99. The summed E-state index contributed by atoms with van der Waals surface area (Å²) in [6.07, 6.45) is 0. The molecule has 0 N–H and O–H groups in total. The Kier molecular flexibility index (Phi) is 4.85. The van der Waals surface area contributed by atoms with Gasteiger partial charge in [0.25, 0.3) is 0 Å². The molecule has 0 aliphatic heterocycles. The normalized spacial score (nSPS) is 9.26. The predicted octanol–water partition coefficient (Wildman–Crippen LogP) is 4.77. The third-order valence-electron chi connectivity index (χ3n) is 3.23. The Labute approximate surface area is 142 Å². The van der Waals surface area contributed by atoms with Crippen LogP contribution in [0.5, 0.6) is 0 Å². The Hall–Kier alpha value is -2.87. The van der Waals surface area contributed by atoms with Crippen molar-refractivity contribution in [3.63, 3.8) is 0 Å². The van der Waals surface area contributed by atoms with Crippen LogP contribution in [0, 0.1) is 23.7 Å². The van der Waals surface area contributed by atoms with Crippen molar-refractivity contribution in [1.82, 2.24) is 0 Å². The molecule has 0 saturated heterocycles. The van der Waals surface area contributed by atoms with Crippen LogP contribution in [-0.2, 0) is 0 Å². The average Bonchev–Trinajstić information content (AvgIpc) is 2.61. The largest absolute Gasteiger partial charge is 0.143 e. The summed E-state index contributed by atoms with van der Waals surface area (Å²) in [5.74, 6) is 12.6. The molecule has 108 valence electrons. The molecule has 0 saturated carbocycles. The first kappa shape index (κ1) is 15.0. The van der Waals surface area contributed by atoms with Gasteiger partial charge in [0.05, 0.1) is 0 Å². The van der Waals surface area contributed by atoms with Crippen molar-refractivity contribution in [2.24, 2.45) is 0 Å². The van der Waals surface area contributed by atoms with E-state index in [2.05, 4.69) is 36.3 Å². The van der Waals surface area contributed by atoms with Gasteiger partial charge in [0.1, 0.15) is 0 Å². The van der Waals surface area contributed by atoms with Gasteiger partial charge in [-0.3, -0.25) is 0 Å². The summed E-state index contributed by atoms with van der Waals surface area (Å²) in [6.45, 7) is 0. The molecule has 0 amide bonds. The Morgan fingerprint density at radius 2 is 0.783 bits per heavy atom. The lowest BCUT2D eigenvalue weighted by Gasteiger charge is -1.93. The van der Waals surface area contributed by atoms with Gasteiger partial charge in [0, 0.05) is 27.1 Å². The first-order valence-electron chi connectivity index (χ1n) is 7.28. The number of hydrogen-bond acceptors (Lipinski definition) is 1. The zero-order chi connectivity index (χ0) is 15.9. The molecule has 0 heterocycles. The van der Waals surface area contributed by atoms with Crippen molar-refractivity contribution in [3.05, 3.63) is 101 Å². The van der Waals surface area contributed by atoms with Crippen molar-refractivity contribution in [1.29, 1.82) is 0 Å². The lowest BCUT2D eigenvalue weighted by atomic mass is 10.1. The summed E-state index contributed by atoms with van der Waals surface area (Å²) in [5, 5.41) is 0. The van der Waals surface area contributed by atoms with Gasteiger partial charge >= 0.3 is 0 Å². The maximum atomic E-state index is 4.27. The van der Waals surface area contributed by atoms with Gasteiger partial charge in [-0.25, -0.2) is 0 Å². The van der Waals surface area contributed by atoms with E-state index in [-0.39, 0.29) is 0 Å². The Morgan fingerprint density at radius 1 is 0.435 bits per heavy atom. The standard InChI is InChI=1S/C22H14S/c23-22-16-14-21(15-17-22)13-12-20-10-8-19(9-11-20)7-6-18-4-2-1-3-5-18/h1-5,8-11,14-17,23H. The molecule has 0 aliphatic rings. The first-order valence-corrected chi connectivity index (χ1v) is 7.72. The van der Waals surface area contributed by atoms with Crippen molar-refractivity contribution in [2.75, 3.05) is 0 Å². The Balaban J connectivity index is 1.73. The van der Waals surface area contributed by atoms with E-state index in [1.54, 1.807) is 0 Å². The highest BCUT2D eigenvalue weighted by molar-refractivity contribution is 7.80. The van der Waals surface area contributed by atoms with Gasteiger partial charge in [-0.05, 0) is 60.7 Å². The number of hydrogen-bond donors (Lipinski definition) is 1. The maximum absolute atomic E-state index is 4.27. The van der Waals surface area contributed by atoms with Gasteiger partial charge in [0.2, 0.25) is 0 Å². The minimum Gasteiger partial charge on any atom is -0.143 e. The highest BCUT2D eigenvalue weighted by atomic mass is 32.1. The minimum atomic E-state index is 0.942. The van der Waals surface area contributed by atoms with E-state index in [0.29, 0.717) is 0 Å². The zero-order valence-electron chi connectivity index (χ0n) is 12.5. The van der Waals surface area contributed by atoms with Crippen LogP contribution in [0.4, 0.5) is 0 Å². The summed E-state index contributed by atoms with van der Waals surface area (Å²) < 4.78 is 0. The van der Waals surface area contributed by atoms with E-state index in [9.17, 15) is 0 Å². The smallest absolute Gasteiger partial charge is 0.0249 e. The average molecular weight is 310 g/mol. The molecule has 0 spiro atoms. The van der Waals surface area contributed by atoms with Crippen LogP contribution in [0.3, 0.4) is 0 Å². The minimum absolute atomic E-state index is 0.942. The quantitative estimate of drug-likeness (QED) is 0.448. The van der Waals surface area contributed by atoms with Gasteiger partial charge in [0.15, 0.2) is 0 Å². The lowest BCUT2D eigenvalue weighted by Crippen LogP contribution is -1.79. The molecule has 3 rings (SSSR count). The summed E-state index contributed by atoms with van der Waals surface area (Å²) in [4.78, 5) is 0.942. The molecule has 0 aliphatic carbocycles. The fourth-order valence-corrected chi connectivity index (χ4v) is 2.14. The number of thiol groups is 1. The molecular formula is C22H14S. The predicted molar refractivity (Wildman–Crippen MR) is 98.5 cm³/mol. The van der Waals surface area contributed by atoms with Gasteiger partial charge in [-0.15, -0.1) is 12.6 Å². The second kappa shape index (κ2) is 7.41. The number of rotatable bonds is 0. The third-order valence-corrected chi connectivity index (χ3v) is 3.53. The molecule has 0 unspecified atom stereocenters. The Morgan fingerprint density at radius 3 is 1.22 bits per heavy atom. The van der Waals surface area contributed by atoms with E-state index in [1.807, 2.05) is 78.9 Å². The maximum Gasteiger partial charge on any atom is 0.0249 e. The fraction of sp³-hybridized carbons (Fsp3) is 0. The number of benzene rings is 3. The van der Waals surface area contributed by atoms with Crippen LogP contribution < -0.4 is 0 Å². The summed E-state index contributed by atoms with van der Waals surface area (Å²) in [7, 11) is 0. The highest BCUT2D eigenvalue weighted by Crippen LogP contribution is 2.07. The highest BCUT2D eigenvalue weighted by Gasteiger charge is 1.90. The van der Waals surface area contributed by atoms with Crippen LogP contribution >= 0.6 is 12.6 Å². The molecule has 0 fully saturated rings. The van der Waals surface area contributed by atoms with Gasteiger partial charge in [-0.2, -0.15) is 0 Å². The molecule has 0 nitrogen and oxygen atoms in total. The van der Waals surface area contributed by atoms with E-state index in [0.717, 1.165) is 27.1 Å². The van der Waals surface area contributed by atoms with E-state index in [4.69, 9.17) is 0 Å². The lowest BCUT2D eigenvalue weighted by molar-refractivity contribution is 1.46. The fourth-order valence-electron chi connectivity index (χ4n) is 1.99. The van der Waals surface area contributed by atoms with E-state index < -0.39 is 0 Å². The SMILES string of the molecule is Sc1ccc(C#Cc2ccc(C#Cc3ccccc3)cc2)cc1. The molecule has 0 bridgehead atoms. The zero-order valence-corrected chi connectivity index (χ0v) is 13.3. The van der Waals surface area contributed by atoms with Crippen molar-refractivity contribution in [3.8, 4) is 23.7 Å². The van der Waals surface area contributed by atoms with E-state index >= 15 is 0 Å². The summed E-state index contributed by atoms with van der Waals surface area (Å²) in [5.41, 5.74) is 3.96. The molecule has 23 heavy (non-hydrogen) atoms. The summed E-state index contributed by atoms with van der Waals surface area (Å²) in [6, 6.07) is 25.8. The summed E-state index contributed by atoms with van der Waals surface area (Å²) >= 11 is 4.27. The van der Waals surface area contributed by atoms with E-state index in [1.165, 1.54) is 0 Å². The van der Waals surface area contributed by atoms with Crippen LogP contribution in [0.1, 0.15) is 22.3 Å². The van der Waals surface area contributed by atoms with Crippen molar-refractivity contribution >= 4 is 12.6 Å². The van der Waals surface area contributed by atoms with Gasteiger partial charge in [-0.1, -0.05) is 41.9 Å². The monoisotopic (exact) mass is 310 g/mol. The van der Waals surface area contributed by atoms with Crippen LogP contribution in [0.25, 0.3) is 0 Å². The van der Waals surface area contributed by atoms with Crippen LogP contribution in [0.15, 0.2) is 83.8 Å². The molecule has 1 heteroatoms. The van der Waals surface area contributed by atoms with Gasteiger partial charge < -0.3 is 0 Å². The molecule has 0 atom stereocenters. The van der Waals surface area contributed by atoms with Crippen molar-refractivity contribution < 1.29 is 0 Å². The topological polar surface area (TPSA) is 0 Å². The Bertz CT molecular complexity index is 897. The molecular weight excluding hydrogens is 296 g/mol. The molecule has 3 aromatic carbocycles. The van der Waals surface area contributed by atoms with Crippen molar-refractivity contribution in [2.45, 2.75) is 4.90 Å².